The van der Waals surface area contributed by atoms with Gasteiger partial charge in [0.05, 0.1) is 29.9 Å². The second-order valence-corrected chi connectivity index (χ2v) is 10.1. The summed E-state index contributed by atoms with van der Waals surface area (Å²) in [6.45, 7) is 2.23. The number of hydrogen-bond acceptors (Lipinski definition) is 7. The number of carbonyl (C=O) groups is 2. The molecule has 2 aromatic carbocycles. The Morgan fingerprint density at radius 1 is 1.05 bits per heavy atom. The number of fused-ring (bicyclic) bond motifs is 1. The average Bonchev–Trinajstić information content (AvgIpc) is 2.97. The number of nitrogens with one attached hydrogen (secondary N) is 1. The standard InChI is InChI=1S/C29H26BrFN4O5/c30-24-15-22(34-10-12-39-13-11-34)17-35-27(24)33-25(26(29(35)38)40-18-20-4-2-1-3-5-20)28(37)32-16-23(36)14-19-6-8-21(31)9-7-19/h1-9,15,17H,10-14,16,18H2,(H,32,37). The number of benzene rings is 2. The first kappa shape index (κ1) is 27.5. The van der Waals surface area contributed by atoms with Gasteiger partial charge in [0.25, 0.3) is 5.91 Å². The van der Waals surface area contributed by atoms with Crippen molar-refractivity contribution >= 4 is 39.0 Å². The van der Waals surface area contributed by atoms with E-state index >= 15 is 0 Å². The van der Waals surface area contributed by atoms with E-state index in [-0.39, 0.29) is 42.4 Å². The lowest BCUT2D eigenvalue weighted by Crippen LogP contribution is -2.37. The van der Waals surface area contributed by atoms with Crippen LogP contribution in [0.2, 0.25) is 0 Å². The van der Waals surface area contributed by atoms with E-state index in [0.29, 0.717) is 36.3 Å². The molecule has 0 atom stereocenters. The molecule has 2 aromatic heterocycles. The molecule has 1 aliphatic rings. The lowest BCUT2D eigenvalue weighted by atomic mass is 10.1. The molecule has 11 heteroatoms. The Bertz CT molecular complexity index is 1590. The van der Waals surface area contributed by atoms with E-state index in [4.69, 9.17) is 9.47 Å². The summed E-state index contributed by atoms with van der Waals surface area (Å²) >= 11 is 3.50. The van der Waals surface area contributed by atoms with Gasteiger partial charge in [0.15, 0.2) is 17.1 Å². The van der Waals surface area contributed by atoms with Gasteiger partial charge in [0.1, 0.15) is 12.4 Å². The summed E-state index contributed by atoms with van der Waals surface area (Å²) in [5, 5.41) is 2.55. The fraction of sp³-hybridized carbons (Fsp3) is 0.241. The highest BCUT2D eigenvalue weighted by molar-refractivity contribution is 9.10. The summed E-state index contributed by atoms with van der Waals surface area (Å²) in [4.78, 5) is 46.1. The van der Waals surface area contributed by atoms with Gasteiger partial charge in [0, 0.05) is 25.7 Å². The molecule has 5 rings (SSSR count). The topological polar surface area (TPSA) is 102 Å². The molecule has 4 aromatic rings. The Hall–Kier alpha value is -4.09. The number of Topliss-reactive ketones (excluding diaryl/α,β-unsaturated/α-hetero) is 1. The number of pyridine rings is 1. The Morgan fingerprint density at radius 2 is 1.77 bits per heavy atom. The summed E-state index contributed by atoms with van der Waals surface area (Å²) in [6.07, 6.45) is 1.69. The van der Waals surface area contributed by atoms with E-state index in [0.717, 1.165) is 11.3 Å². The van der Waals surface area contributed by atoms with Crippen molar-refractivity contribution in [3.8, 4) is 5.75 Å². The number of aromatic nitrogens is 2. The average molecular weight is 609 g/mol. The van der Waals surface area contributed by atoms with Crippen molar-refractivity contribution in [3.05, 3.63) is 104 Å². The molecule has 40 heavy (non-hydrogen) atoms. The highest BCUT2D eigenvalue weighted by Crippen LogP contribution is 2.26. The van der Waals surface area contributed by atoms with E-state index < -0.39 is 17.3 Å². The first-order valence-electron chi connectivity index (χ1n) is 12.7. The van der Waals surface area contributed by atoms with E-state index in [2.05, 4.69) is 31.1 Å². The number of hydrogen-bond donors (Lipinski definition) is 1. The summed E-state index contributed by atoms with van der Waals surface area (Å²) in [5.41, 5.74) is 1.67. The van der Waals surface area contributed by atoms with Gasteiger partial charge in [-0.15, -0.1) is 0 Å². The Kier molecular flexibility index (Phi) is 8.51. The van der Waals surface area contributed by atoms with Crippen molar-refractivity contribution in [1.82, 2.24) is 14.7 Å². The van der Waals surface area contributed by atoms with Crippen LogP contribution in [0.25, 0.3) is 5.65 Å². The summed E-state index contributed by atoms with van der Waals surface area (Å²) in [7, 11) is 0. The van der Waals surface area contributed by atoms with Crippen molar-refractivity contribution in [2.75, 3.05) is 37.7 Å². The maximum atomic E-state index is 13.7. The van der Waals surface area contributed by atoms with E-state index in [9.17, 15) is 18.8 Å². The van der Waals surface area contributed by atoms with Crippen molar-refractivity contribution < 1.29 is 23.5 Å². The number of ether oxygens (including phenoxy) is 2. The predicted octanol–water partition coefficient (Wildman–Crippen LogP) is 3.55. The van der Waals surface area contributed by atoms with Crippen LogP contribution in [0.1, 0.15) is 21.6 Å². The zero-order valence-electron chi connectivity index (χ0n) is 21.4. The minimum Gasteiger partial charge on any atom is -0.481 e. The molecule has 1 N–H and O–H groups in total. The number of ketones is 1. The van der Waals surface area contributed by atoms with Gasteiger partial charge in [0.2, 0.25) is 5.75 Å². The van der Waals surface area contributed by atoms with Gasteiger partial charge in [-0.3, -0.25) is 18.8 Å². The largest absolute Gasteiger partial charge is 0.481 e. The molecular weight excluding hydrogens is 583 g/mol. The Balaban J connectivity index is 1.44. The van der Waals surface area contributed by atoms with E-state index in [1.54, 1.807) is 6.20 Å². The van der Waals surface area contributed by atoms with Crippen LogP contribution in [0.3, 0.4) is 0 Å². The highest BCUT2D eigenvalue weighted by atomic mass is 79.9. The zero-order valence-corrected chi connectivity index (χ0v) is 23.0. The molecule has 1 aliphatic heterocycles. The van der Waals surface area contributed by atoms with Gasteiger partial charge >= 0.3 is 5.56 Å². The number of carbonyl (C=O) groups excluding carboxylic acids is 2. The Morgan fingerprint density at radius 3 is 2.50 bits per heavy atom. The monoisotopic (exact) mass is 608 g/mol. The number of rotatable bonds is 9. The molecule has 0 saturated carbocycles. The van der Waals surface area contributed by atoms with Crippen molar-refractivity contribution in [1.29, 1.82) is 0 Å². The molecule has 206 valence electrons. The maximum Gasteiger partial charge on any atom is 0.301 e. The minimum atomic E-state index is -0.723. The third kappa shape index (κ3) is 6.37. The molecule has 0 unspecified atom stereocenters. The van der Waals surface area contributed by atoms with Crippen LogP contribution in [-0.4, -0.2) is 53.9 Å². The van der Waals surface area contributed by atoms with Crippen LogP contribution in [0.15, 0.2) is 76.1 Å². The van der Waals surface area contributed by atoms with Crippen molar-refractivity contribution in [3.63, 3.8) is 0 Å². The van der Waals surface area contributed by atoms with Crippen molar-refractivity contribution in [2.45, 2.75) is 13.0 Å². The molecular formula is C29H26BrFN4O5. The van der Waals surface area contributed by atoms with Crippen molar-refractivity contribution in [2.24, 2.45) is 0 Å². The van der Waals surface area contributed by atoms with Crippen LogP contribution in [-0.2, 0) is 22.6 Å². The number of amides is 1. The number of nitrogens with zero attached hydrogens (tertiary/aromatic N) is 3. The molecule has 0 aliphatic carbocycles. The number of morpholine rings is 1. The van der Waals surface area contributed by atoms with E-state index in [1.165, 1.54) is 28.7 Å². The van der Waals surface area contributed by atoms with Gasteiger partial charge in [-0.2, -0.15) is 0 Å². The van der Waals surface area contributed by atoms with E-state index in [1.807, 2.05) is 36.4 Å². The first-order chi connectivity index (χ1) is 19.4. The molecule has 3 heterocycles. The Labute approximate surface area is 237 Å². The number of anilines is 1. The maximum absolute atomic E-state index is 13.7. The molecule has 1 saturated heterocycles. The van der Waals surface area contributed by atoms with Crippen LogP contribution in [0.4, 0.5) is 10.1 Å². The molecule has 0 bridgehead atoms. The summed E-state index contributed by atoms with van der Waals surface area (Å²) in [5.74, 6) is -1.64. The highest BCUT2D eigenvalue weighted by Gasteiger charge is 2.24. The van der Waals surface area contributed by atoms with Gasteiger partial charge < -0.3 is 19.7 Å². The SMILES string of the molecule is O=C(CNC(=O)c1nc2c(Br)cc(N3CCOCC3)cn2c(=O)c1OCc1ccccc1)Cc1ccc(F)cc1. The van der Waals surface area contributed by atoms with Gasteiger partial charge in [-0.05, 0) is 45.3 Å². The van der Waals surface area contributed by atoms with Gasteiger partial charge in [-0.1, -0.05) is 42.5 Å². The normalized spacial score (nSPS) is 13.3. The lowest BCUT2D eigenvalue weighted by molar-refractivity contribution is -0.117. The molecule has 0 spiro atoms. The molecule has 1 amide bonds. The van der Waals surface area contributed by atoms with Crippen LogP contribution >= 0.6 is 15.9 Å². The second kappa shape index (κ2) is 12.4. The quantitative estimate of drug-likeness (QED) is 0.310. The van der Waals surface area contributed by atoms with Gasteiger partial charge in [-0.25, -0.2) is 9.37 Å². The second-order valence-electron chi connectivity index (χ2n) is 9.23. The zero-order chi connectivity index (χ0) is 28.1. The van der Waals surface area contributed by atoms with Crippen LogP contribution in [0.5, 0.6) is 5.75 Å². The third-order valence-corrected chi connectivity index (χ3v) is 6.99. The van der Waals surface area contributed by atoms with Crippen LogP contribution < -0.4 is 20.5 Å². The smallest absolute Gasteiger partial charge is 0.301 e. The lowest BCUT2D eigenvalue weighted by Gasteiger charge is -2.29. The minimum absolute atomic E-state index is 0.0155. The molecule has 9 nitrogen and oxygen atoms in total. The summed E-state index contributed by atoms with van der Waals surface area (Å²) in [6, 6.07) is 16.6. The molecule has 1 fully saturated rings. The first-order valence-corrected chi connectivity index (χ1v) is 13.5. The fourth-order valence-electron chi connectivity index (χ4n) is 4.33. The third-order valence-electron chi connectivity index (χ3n) is 6.40. The molecule has 0 radical (unpaired) electrons. The van der Waals surface area contributed by atoms with Crippen LogP contribution in [0, 0.1) is 5.82 Å². The predicted molar refractivity (Wildman–Crippen MR) is 150 cm³/mol. The summed E-state index contributed by atoms with van der Waals surface area (Å²) < 4.78 is 26.4. The number of halogens is 2. The fourth-order valence-corrected chi connectivity index (χ4v) is 4.85.